The number of primary amides is 1. The number of hydrogen-bond donors (Lipinski definition) is 1. The van der Waals surface area contributed by atoms with Gasteiger partial charge >= 0.3 is 0 Å². The molecule has 5 nitrogen and oxygen atoms in total. The topological polar surface area (TPSA) is 63.6 Å². The lowest BCUT2D eigenvalue weighted by molar-refractivity contribution is -0.138. The van der Waals surface area contributed by atoms with Crippen LogP contribution >= 0.6 is 15.9 Å². The van der Waals surface area contributed by atoms with E-state index in [1.807, 2.05) is 24.5 Å². The van der Waals surface area contributed by atoms with Crippen molar-refractivity contribution in [3.63, 3.8) is 0 Å². The summed E-state index contributed by atoms with van der Waals surface area (Å²) in [5, 5.41) is 0. The molecular weight excluding hydrogens is 332 g/mol. The summed E-state index contributed by atoms with van der Waals surface area (Å²) in [6.07, 6.45) is 5.09. The van der Waals surface area contributed by atoms with Gasteiger partial charge in [0.25, 0.3) is 0 Å². The van der Waals surface area contributed by atoms with E-state index in [9.17, 15) is 4.79 Å². The van der Waals surface area contributed by atoms with E-state index in [1.165, 1.54) is 0 Å². The van der Waals surface area contributed by atoms with Gasteiger partial charge < -0.3 is 10.1 Å². The summed E-state index contributed by atoms with van der Waals surface area (Å²) in [4.78, 5) is 18.4. The molecule has 21 heavy (non-hydrogen) atoms. The summed E-state index contributed by atoms with van der Waals surface area (Å²) >= 11 is 3.55. The molecule has 110 valence electrons. The van der Waals surface area contributed by atoms with E-state index in [0.717, 1.165) is 41.9 Å². The molecule has 3 fully saturated rings. The van der Waals surface area contributed by atoms with Crippen LogP contribution in [-0.4, -0.2) is 33.3 Å². The zero-order chi connectivity index (χ0) is 14.6. The molecule has 2 aromatic heterocycles. The maximum absolute atomic E-state index is 11.4. The number of nitrogens with zero attached hydrogens (tertiary/aromatic N) is 3. The molecule has 4 heterocycles. The minimum Gasteiger partial charge on any atom is -0.369 e. The minimum absolute atomic E-state index is 0.104. The summed E-state index contributed by atoms with van der Waals surface area (Å²) in [5.74, 6) is 1.92. The van der Waals surface area contributed by atoms with Crippen molar-refractivity contribution in [1.82, 2.24) is 14.3 Å². The predicted molar refractivity (Wildman–Crippen MR) is 82.5 cm³/mol. The van der Waals surface area contributed by atoms with Gasteiger partial charge in [0.2, 0.25) is 5.91 Å². The molecule has 2 aromatic rings. The number of pyridine rings is 1. The van der Waals surface area contributed by atoms with Crippen molar-refractivity contribution < 1.29 is 4.79 Å². The Morgan fingerprint density at radius 2 is 2.19 bits per heavy atom. The van der Waals surface area contributed by atoms with E-state index in [2.05, 4.69) is 30.2 Å². The van der Waals surface area contributed by atoms with Crippen LogP contribution in [0.15, 0.2) is 29.0 Å². The van der Waals surface area contributed by atoms with Crippen LogP contribution in [0.5, 0.6) is 0 Å². The van der Waals surface area contributed by atoms with Gasteiger partial charge in [-0.05, 0) is 46.3 Å². The van der Waals surface area contributed by atoms with E-state index in [-0.39, 0.29) is 11.8 Å². The number of imidazole rings is 1. The highest BCUT2D eigenvalue weighted by Gasteiger charge is 2.49. The Labute approximate surface area is 131 Å². The van der Waals surface area contributed by atoms with Crippen molar-refractivity contribution in [3.05, 3.63) is 34.8 Å². The van der Waals surface area contributed by atoms with Crippen LogP contribution in [0.2, 0.25) is 0 Å². The molecule has 2 bridgehead atoms. The average Bonchev–Trinajstić information content (AvgIpc) is 2.83. The van der Waals surface area contributed by atoms with E-state index < -0.39 is 0 Å². The fourth-order valence-electron chi connectivity index (χ4n) is 3.94. The van der Waals surface area contributed by atoms with E-state index in [1.54, 1.807) is 0 Å². The first-order valence-electron chi connectivity index (χ1n) is 7.25. The van der Waals surface area contributed by atoms with Crippen LogP contribution in [-0.2, 0) is 11.3 Å². The van der Waals surface area contributed by atoms with Gasteiger partial charge in [0.05, 0.1) is 18.3 Å². The zero-order valence-electron chi connectivity index (χ0n) is 11.6. The third-order valence-electron chi connectivity index (χ3n) is 4.90. The number of carbonyl (C=O) groups excluding carboxylic acids is 1. The smallest absolute Gasteiger partial charge is 0.221 e. The van der Waals surface area contributed by atoms with Crippen molar-refractivity contribution in [3.8, 4) is 0 Å². The Hall–Kier alpha value is -1.40. The molecule has 5 rings (SSSR count). The number of aromatic nitrogens is 2. The second-order valence-corrected chi connectivity index (χ2v) is 7.02. The molecule has 2 saturated heterocycles. The number of fused-ring (bicyclic) bond motifs is 3. The van der Waals surface area contributed by atoms with Crippen LogP contribution in [0.4, 0.5) is 0 Å². The average molecular weight is 349 g/mol. The van der Waals surface area contributed by atoms with E-state index in [4.69, 9.17) is 5.73 Å². The second-order valence-electron chi connectivity index (χ2n) is 6.16. The van der Waals surface area contributed by atoms with Crippen molar-refractivity contribution in [2.75, 3.05) is 13.1 Å². The SMILES string of the molecule is NC(=O)C1C2CC1CN(Cc1ncc3c(Br)cccn13)C2. The first-order valence-corrected chi connectivity index (χ1v) is 8.05. The molecule has 1 aliphatic carbocycles. The lowest BCUT2D eigenvalue weighted by Gasteiger charge is -2.52. The molecule has 2 N–H and O–H groups in total. The van der Waals surface area contributed by atoms with Gasteiger partial charge in [0.1, 0.15) is 5.82 Å². The summed E-state index contributed by atoms with van der Waals surface area (Å²) in [5.41, 5.74) is 6.57. The van der Waals surface area contributed by atoms with E-state index in [0.29, 0.717) is 11.8 Å². The van der Waals surface area contributed by atoms with Crippen LogP contribution < -0.4 is 5.73 Å². The number of nitrogens with two attached hydrogens (primary N) is 1. The summed E-state index contributed by atoms with van der Waals surface area (Å²) < 4.78 is 3.18. The lowest BCUT2D eigenvalue weighted by Crippen LogP contribution is -2.58. The van der Waals surface area contributed by atoms with Crippen LogP contribution in [0.1, 0.15) is 12.2 Å². The highest BCUT2D eigenvalue weighted by Crippen LogP contribution is 2.45. The van der Waals surface area contributed by atoms with Crippen LogP contribution in [0.25, 0.3) is 5.52 Å². The molecule has 0 spiro atoms. The number of rotatable bonds is 3. The summed E-state index contributed by atoms with van der Waals surface area (Å²) in [7, 11) is 0. The molecule has 1 amide bonds. The van der Waals surface area contributed by atoms with Crippen molar-refractivity contribution in [2.45, 2.75) is 13.0 Å². The number of halogens is 1. The number of hydrogen-bond acceptors (Lipinski definition) is 3. The van der Waals surface area contributed by atoms with Crippen molar-refractivity contribution >= 4 is 27.4 Å². The Bertz CT molecular complexity index is 701. The molecule has 0 radical (unpaired) electrons. The number of carbonyl (C=O) groups is 1. The fourth-order valence-corrected chi connectivity index (χ4v) is 4.38. The van der Waals surface area contributed by atoms with Crippen molar-refractivity contribution in [1.29, 1.82) is 0 Å². The van der Waals surface area contributed by atoms with Gasteiger partial charge in [-0.2, -0.15) is 0 Å². The highest BCUT2D eigenvalue weighted by atomic mass is 79.9. The largest absolute Gasteiger partial charge is 0.369 e. The molecule has 1 saturated carbocycles. The van der Waals surface area contributed by atoms with Gasteiger partial charge in [-0.3, -0.25) is 9.69 Å². The summed E-state index contributed by atoms with van der Waals surface area (Å²) in [6, 6.07) is 4.04. The Kier molecular flexibility index (Phi) is 3.04. The minimum atomic E-state index is -0.119. The third-order valence-corrected chi connectivity index (χ3v) is 5.57. The molecule has 0 aromatic carbocycles. The monoisotopic (exact) mass is 348 g/mol. The van der Waals surface area contributed by atoms with Crippen LogP contribution in [0.3, 0.4) is 0 Å². The molecule has 6 heteroatoms. The summed E-state index contributed by atoms with van der Waals surface area (Å²) in [6.45, 7) is 2.73. The number of amides is 1. The van der Waals surface area contributed by atoms with Crippen molar-refractivity contribution in [2.24, 2.45) is 23.5 Å². The Morgan fingerprint density at radius 3 is 2.90 bits per heavy atom. The normalized spacial score (nSPS) is 28.5. The van der Waals surface area contributed by atoms with Crippen LogP contribution in [0, 0.1) is 17.8 Å². The lowest BCUT2D eigenvalue weighted by atomic mass is 9.61. The predicted octanol–water partition coefficient (Wildman–Crippen LogP) is 1.65. The molecule has 3 aliphatic rings. The molecule has 2 aliphatic heterocycles. The molecular formula is C15H17BrN4O. The Morgan fingerprint density at radius 1 is 1.43 bits per heavy atom. The second kappa shape index (κ2) is 4.81. The standard InChI is InChI=1S/C15H17BrN4O/c16-11-2-1-3-20-12(11)5-18-13(20)8-19-6-9-4-10(7-19)14(9)15(17)21/h1-3,5,9-10,14H,4,6-8H2,(H2,17,21). The highest BCUT2D eigenvalue weighted by molar-refractivity contribution is 9.10. The Balaban J connectivity index is 1.52. The first kappa shape index (κ1) is 13.3. The fraction of sp³-hybridized carbons (Fsp3) is 0.467. The third kappa shape index (κ3) is 2.08. The first-order chi connectivity index (χ1) is 10.1. The maximum Gasteiger partial charge on any atom is 0.221 e. The van der Waals surface area contributed by atoms with Gasteiger partial charge in [-0.15, -0.1) is 0 Å². The maximum atomic E-state index is 11.4. The quantitative estimate of drug-likeness (QED) is 0.917. The van der Waals surface area contributed by atoms with Gasteiger partial charge in [0, 0.05) is 29.7 Å². The van der Waals surface area contributed by atoms with Gasteiger partial charge in [-0.25, -0.2) is 4.98 Å². The molecule has 2 unspecified atom stereocenters. The van der Waals surface area contributed by atoms with Gasteiger partial charge in [0.15, 0.2) is 0 Å². The zero-order valence-corrected chi connectivity index (χ0v) is 13.2. The molecule has 2 atom stereocenters. The van der Waals surface area contributed by atoms with E-state index >= 15 is 0 Å². The number of piperidine rings is 2. The van der Waals surface area contributed by atoms with Gasteiger partial charge in [-0.1, -0.05) is 0 Å².